The van der Waals surface area contributed by atoms with Crippen LogP contribution in [-0.2, 0) is 4.79 Å². The van der Waals surface area contributed by atoms with Gasteiger partial charge in [0.25, 0.3) is 0 Å². The smallest absolute Gasteiger partial charge is 0.220 e. The fraction of sp³-hybridized carbons (Fsp3) is 0.923. The highest BCUT2D eigenvalue weighted by atomic mass is 16.1. The third-order valence-corrected chi connectivity index (χ3v) is 4.47. The molecule has 2 aliphatic rings. The summed E-state index contributed by atoms with van der Waals surface area (Å²) in [6, 6.07) is 0. The Balaban J connectivity index is 1.67. The summed E-state index contributed by atoms with van der Waals surface area (Å²) in [5, 5.41) is 3.08. The molecule has 1 aliphatic heterocycles. The number of nitrogens with two attached hydrogens (primary N) is 1. The van der Waals surface area contributed by atoms with Gasteiger partial charge in [-0.2, -0.15) is 0 Å². The first-order chi connectivity index (χ1) is 8.13. The molecule has 17 heavy (non-hydrogen) atoms. The molecule has 1 unspecified atom stereocenters. The Morgan fingerprint density at radius 2 is 2.29 bits per heavy atom. The van der Waals surface area contributed by atoms with Gasteiger partial charge in [0.05, 0.1) is 0 Å². The zero-order chi connectivity index (χ0) is 12.3. The Morgan fingerprint density at radius 1 is 1.53 bits per heavy atom. The lowest BCUT2D eigenvalue weighted by Gasteiger charge is -2.41. The van der Waals surface area contributed by atoms with Crippen LogP contribution in [0.15, 0.2) is 0 Å². The maximum Gasteiger partial charge on any atom is 0.220 e. The van der Waals surface area contributed by atoms with Gasteiger partial charge < -0.3 is 16.0 Å². The average Bonchev–Trinajstić information content (AvgIpc) is 2.63. The van der Waals surface area contributed by atoms with Gasteiger partial charge in [0.2, 0.25) is 5.91 Å². The van der Waals surface area contributed by atoms with Crippen molar-refractivity contribution in [1.29, 1.82) is 0 Å². The number of likely N-dealkylation sites (tertiary alicyclic amines) is 1. The van der Waals surface area contributed by atoms with E-state index in [1.807, 2.05) is 0 Å². The Bertz CT molecular complexity index is 270. The number of rotatable bonds is 5. The molecule has 4 nitrogen and oxygen atoms in total. The highest BCUT2D eigenvalue weighted by Gasteiger charge is 2.35. The number of nitrogens with one attached hydrogen (secondary N) is 1. The molecular weight excluding hydrogens is 214 g/mol. The summed E-state index contributed by atoms with van der Waals surface area (Å²) < 4.78 is 0. The van der Waals surface area contributed by atoms with Gasteiger partial charge in [0, 0.05) is 19.5 Å². The quantitative estimate of drug-likeness (QED) is 0.737. The first-order valence-electron chi connectivity index (χ1n) is 6.79. The summed E-state index contributed by atoms with van der Waals surface area (Å²) in [6.07, 6.45) is 5.46. The number of hydrogen-bond donors (Lipinski definition) is 2. The molecule has 2 rings (SSSR count). The molecule has 1 aliphatic carbocycles. The van der Waals surface area contributed by atoms with Crippen LogP contribution in [0.25, 0.3) is 0 Å². The molecule has 1 atom stereocenters. The fourth-order valence-electron chi connectivity index (χ4n) is 2.94. The number of hydrogen-bond acceptors (Lipinski definition) is 3. The van der Waals surface area contributed by atoms with Crippen LogP contribution in [0.4, 0.5) is 0 Å². The lowest BCUT2D eigenvalue weighted by Crippen LogP contribution is -2.47. The van der Waals surface area contributed by atoms with Crippen molar-refractivity contribution < 1.29 is 4.79 Å². The summed E-state index contributed by atoms with van der Waals surface area (Å²) in [5.74, 6) is 0.764. The van der Waals surface area contributed by atoms with Crippen molar-refractivity contribution >= 4 is 5.91 Å². The van der Waals surface area contributed by atoms with Crippen LogP contribution in [0.1, 0.15) is 32.1 Å². The second-order valence-electron chi connectivity index (χ2n) is 5.96. The van der Waals surface area contributed by atoms with Crippen LogP contribution in [0.3, 0.4) is 0 Å². The van der Waals surface area contributed by atoms with Crippen molar-refractivity contribution in [2.24, 2.45) is 17.1 Å². The topological polar surface area (TPSA) is 58.4 Å². The van der Waals surface area contributed by atoms with Gasteiger partial charge in [-0.25, -0.2) is 0 Å². The SMILES string of the molecule is CN1CCC(CC(=O)NCC2(CN)CCC2)C1. The largest absolute Gasteiger partial charge is 0.355 e. The van der Waals surface area contributed by atoms with Crippen LogP contribution in [0, 0.1) is 11.3 Å². The first-order valence-corrected chi connectivity index (χ1v) is 6.79. The van der Waals surface area contributed by atoms with E-state index < -0.39 is 0 Å². The highest BCUT2D eigenvalue weighted by Crippen LogP contribution is 2.39. The molecule has 1 amide bonds. The minimum atomic E-state index is 0.213. The maximum absolute atomic E-state index is 11.8. The van der Waals surface area contributed by atoms with Crippen molar-refractivity contribution in [3.05, 3.63) is 0 Å². The van der Waals surface area contributed by atoms with Crippen LogP contribution in [0.5, 0.6) is 0 Å². The van der Waals surface area contributed by atoms with Crippen molar-refractivity contribution in [1.82, 2.24) is 10.2 Å². The molecule has 98 valence electrons. The molecule has 1 saturated carbocycles. The number of nitrogens with zero attached hydrogens (tertiary/aromatic N) is 1. The van der Waals surface area contributed by atoms with E-state index in [2.05, 4.69) is 17.3 Å². The molecule has 3 N–H and O–H groups in total. The highest BCUT2D eigenvalue weighted by molar-refractivity contribution is 5.76. The zero-order valence-corrected chi connectivity index (χ0v) is 10.9. The summed E-state index contributed by atoms with van der Waals surface area (Å²) in [7, 11) is 2.12. The summed E-state index contributed by atoms with van der Waals surface area (Å²) in [4.78, 5) is 14.1. The lowest BCUT2D eigenvalue weighted by atomic mass is 9.69. The van der Waals surface area contributed by atoms with Crippen LogP contribution >= 0.6 is 0 Å². The number of carbonyl (C=O) groups is 1. The molecular formula is C13H25N3O. The van der Waals surface area contributed by atoms with E-state index in [1.165, 1.54) is 19.3 Å². The van der Waals surface area contributed by atoms with Crippen LogP contribution in [0.2, 0.25) is 0 Å². The Hall–Kier alpha value is -0.610. The molecule has 1 heterocycles. The van der Waals surface area contributed by atoms with E-state index in [9.17, 15) is 4.79 Å². The molecule has 2 fully saturated rings. The van der Waals surface area contributed by atoms with Gasteiger partial charge in [0.15, 0.2) is 0 Å². The Labute approximate surface area is 104 Å². The summed E-state index contributed by atoms with van der Waals surface area (Å²) in [5.41, 5.74) is 6.00. The zero-order valence-electron chi connectivity index (χ0n) is 10.9. The van der Waals surface area contributed by atoms with Crippen molar-refractivity contribution in [2.45, 2.75) is 32.1 Å². The van der Waals surface area contributed by atoms with E-state index in [0.717, 1.165) is 26.1 Å². The predicted molar refractivity (Wildman–Crippen MR) is 68.6 cm³/mol. The van der Waals surface area contributed by atoms with E-state index in [1.54, 1.807) is 0 Å². The molecule has 0 aromatic heterocycles. The molecule has 4 heteroatoms. The minimum absolute atomic E-state index is 0.213. The predicted octanol–water partition coefficient (Wildman–Crippen LogP) is 0.573. The first kappa shape index (κ1) is 12.8. The third-order valence-electron chi connectivity index (χ3n) is 4.47. The molecule has 0 radical (unpaired) electrons. The van der Waals surface area contributed by atoms with Crippen molar-refractivity contribution in [3.8, 4) is 0 Å². The average molecular weight is 239 g/mol. The van der Waals surface area contributed by atoms with Gasteiger partial charge >= 0.3 is 0 Å². The van der Waals surface area contributed by atoms with Gasteiger partial charge in [-0.3, -0.25) is 4.79 Å². The number of carbonyl (C=O) groups excluding carboxylic acids is 1. The van der Waals surface area contributed by atoms with Gasteiger partial charge in [-0.1, -0.05) is 6.42 Å². The Morgan fingerprint density at radius 3 is 2.76 bits per heavy atom. The second kappa shape index (κ2) is 5.36. The van der Waals surface area contributed by atoms with Gasteiger partial charge in [0.1, 0.15) is 0 Å². The molecule has 0 spiro atoms. The van der Waals surface area contributed by atoms with E-state index in [0.29, 0.717) is 18.9 Å². The molecule has 0 aromatic carbocycles. The minimum Gasteiger partial charge on any atom is -0.355 e. The maximum atomic E-state index is 11.8. The van der Waals surface area contributed by atoms with Gasteiger partial charge in [-0.05, 0) is 50.7 Å². The van der Waals surface area contributed by atoms with Gasteiger partial charge in [-0.15, -0.1) is 0 Å². The van der Waals surface area contributed by atoms with E-state index >= 15 is 0 Å². The lowest BCUT2D eigenvalue weighted by molar-refractivity contribution is -0.122. The number of amides is 1. The monoisotopic (exact) mass is 239 g/mol. The molecule has 0 bridgehead atoms. The summed E-state index contributed by atoms with van der Waals surface area (Å²) >= 11 is 0. The fourth-order valence-corrected chi connectivity index (χ4v) is 2.94. The molecule has 1 saturated heterocycles. The van der Waals surface area contributed by atoms with Crippen molar-refractivity contribution in [2.75, 3.05) is 33.2 Å². The van der Waals surface area contributed by atoms with E-state index in [4.69, 9.17) is 5.73 Å². The van der Waals surface area contributed by atoms with E-state index in [-0.39, 0.29) is 11.3 Å². The third kappa shape index (κ3) is 3.19. The van der Waals surface area contributed by atoms with Crippen LogP contribution in [-0.4, -0.2) is 44.0 Å². The summed E-state index contributed by atoms with van der Waals surface area (Å²) in [6.45, 7) is 3.68. The standard InChI is InChI=1S/C13H25N3O/c1-16-6-3-11(8-16)7-12(17)15-10-13(9-14)4-2-5-13/h11H,2-10,14H2,1H3,(H,15,17). The van der Waals surface area contributed by atoms with Crippen molar-refractivity contribution in [3.63, 3.8) is 0 Å². The Kier molecular flexibility index (Phi) is 4.05. The normalized spacial score (nSPS) is 27.8. The van der Waals surface area contributed by atoms with Crippen LogP contribution < -0.4 is 11.1 Å². The molecule has 0 aromatic rings. The second-order valence-corrected chi connectivity index (χ2v) is 5.96.